The van der Waals surface area contributed by atoms with Crippen molar-refractivity contribution >= 4 is 17.5 Å². The molecule has 2 aromatic rings. The fraction of sp³-hybridized carbons (Fsp3) is 0.440. The fourth-order valence-electron chi connectivity index (χ4n) is 4.38. The quantitative estimate of drug-likeness (QED) is 0.764. The van der Waals surface area contributed by atoms with Crippen LogP contribution in [0.5, 0.6) is 0 Å². The number of benzene rings is 2. The van der Waals surface area contributed by atoms with E-state index in [1.165, 1.54) is 5.56 Å². The van der Waals surface area contributed by atoms with Crippen molar-refractivity contribution in [3.8, 4) is 0 Å². The van der Waals surface area contributed by atoms with Crippen LogP contribution in [0, 0.1) is 25.2 Å². The normalized spacial score (nSPS) is 18.3. The SMILES string of the molecule is Cc1cccc(NC(=O)C2(C(=O)N3CCC(Cc4ccccc4)CC3)CC2)c1C. The molecule has 1 saturated carbocycles. The summed E-state index contributed by atoms with van der Waals surface area (Å²) in [4.78, 5) is 28.1. The van der Waals surface area contributed by atoms with Crippen molar-refractivity contribution in [1.29, 1.82) is 0 Å². The van der Waals surface area contributed by atoms with Crippen molar-refractivity contribution in [2.24, 2.45) is 11.3 Å². The topological polar surface area (TPSA) is 49.4 Å². The van der Waals surface area contributed by atoms with Crippen LogP contribution in [0.2, 0.25) is 0 Å². The van der Waals surface area contributed by atoms with Gasteiger partial charge in [0.1, 0.15) is 5.41 Å². The van der Waals surface area contributed by atoms with Crippen molar-refractivity contribution in [1.82, 2.24) is 4.90 Å². The summed E-state index contributed by atoms with van der Waals surface area (Å²) in [5.41, 5.74) is 3.53. The van der Waals surface area contributed by atoms with E-state index in [-0.39, 0.29) is 11.8 Å². The lowest BCUT2D eigenvalue weighted by Gasteiger charge is -2.34. The van der Waals surface area contributed by atoms with Crippen LogP contribution in [0.4, 0.5) is 5.69 Å². The number of anilines is 1. The van der Waals surface area contributed by atoms with Crippen molar-refractivity contribution in [3.05, 3.63) is 65.2 Å². The third-order valence-electron chi connectivity index (χ3n) is 6.72. The molecule has 0 radical (unpaired) electrons. The highest BCUT2D eigenvalue weighted by molar-refractivity contribution is 6.13. The number of nitrogens with zero attached hydrogens (tertiary/aromatic N) is 1. The zero-order chi connectivity index (χ0) is 20.4. The van der Waals surface area contributed by atoms with Gasteiger partial charge in [-0.2, -0.15) is 0 Å². The van der Waals surface area contributed by atoms with E-state index in [0.717, 1.165) is 49.2 Å². The second kappa shape index (κ2) is 8.02. The van der Waals surface area contributed by atoms with Crippen molar-refractivity contribution < 1.29 is 9.59 Å². The summed E-state index contributed by atoms with van der Waals surface area (Å²) in [6.45, 7) is 5.55. The third kappa shape index (κ3) is 4.07. The van der Waals surface area contributed by atoms with Crippen LogP contribution in [-0.4, -0.2) is 29.8 Å². The molecule has 1 heterocycles. The Kier molecular flexibility index (Phi) is 5.44. The number of carbonyl (C=O) groups is 2. The molecule has 0 unspecified atom stereocenters. The molecule has 2 aliphatic rings. The number of piperidine rings is 1. The first kappa shape index (κ1) is 19.7. The molecule has 0 spiro atoms. The first-order chi connectivity index (χ1) is 14.0. The Bertz CT molecular complexity index is 894. The molecule has 2 fully saturated rings. The smallest absolute Gasteiger partial charge is 0.240 e. The highest BCUT2D eigenvalue weighted by Gasteiger charge is 2.58. The first-order valence-electron chi connectivity index (χ1n) is 10.7. The van der Waals surface area contributed by atoms with Crippen molar-refractivity contribution in [2.45, 2.75) is 46.0 Å². The number of nitrogens with one attached hydrogen (secondary N) is 1. The number of rotatable bonds is 5. The Morgan fingerprint density at radius 3 is 2.34 bits per heavy atom. The van der Waals surface area contributed by atoms with Gasteiger partial charge in [0.05, 0.1) is 0 Å². The van der Waals surface area contributed by atoms with Gasteiger partial charge in [0.15, 0.2) is 0 Å². The standard InChI is InChI=1S/C25H30N2O2/c1-18-7-6-10-22(19(18)2)26-23(28)25(13-14-25)24(29)27-15-11-21(12-16-27)17-20-8-4-3-5-9-20/h3-10,21H,11-17H2,1-2H3,(H,26,28). The van der Waals surface area contributed by atoms with Gasteiger partial charge in [-0.05, 0) is 74.6 Å². The van der Waals surface area contributed by atoms with Gasteiger partial charge in [-0.15, -0.1) is 0 Å². The summed E-state index contributed by atoms with van der Waals surface area (Å²) in [7, 11) is 0. The lowest BCUT2D eigenvalue weighted by Crippen LogP contribution is -2.46. The van der Waals surface area contributed by atoms with Gasteiger partial charge in [0, 0.05) is 18.8 Å². The van der Waals surface area contributed by atoms with Crippen LogP contribution >= 0.6 is 0 Å². The van der Waals surface area contributed by atoms with E-state index in [4.69, 9.17) is 0 Å². The van der Waals surface area contributed by atoms with E-state index >= 15 is 0 Å². The molecule has 0 bridgehead atoms. The lowest BCUT2D eigenvalue weighted by molar-refractivity contribution is -0.143. The zero-order valence-electron chi connectivity index (χ0n) is 17.4. The fourth-order valence-corrected chi connectivity index (χ4v) is 4.38. The summed E-state index contributed by atoms with van der Waals surface area (Å²) in [6.07, 6.45) is 4.41. The maximum atomic E-state index is 13.2. The number of aryl methyl sites for hydroxylation is 1. The molecule has 1 N–H and O–H groups in total. The highest BCUT2D eigenvalue weighted by atomic mass is 16.2. The van der Waals surface area contributed by atoms with Crippen LogP contribution in [0.15, 0.2) is 48.5 Å². The van der Waals surface area contributed by atoms with Crippen molar-refractivity contribution in [3.63, 3.8) is 0 Å². The summed E-state index contributed by atoms with van der Waals surface area (Å²) < 4.78 is 0. The molecule has 4 rings (SSSR count). The monoisotopic (exact) mass is 390 g/mol. The number of hydrogen-bond donors (Lipinski definition) is 1. The van der Waals surface area contributed by atoms with Crippen LogP contribution < -0.4 is 5.32 Å². The van der Waals surface area contributed by atoms with Gasteiger partial charge in [-0.1, -0.05) is 42.5 Å². The van der Waals surface area contributed by atoms with Crippen LogP contribution in [0.1, 0.15) is 42.4 Å². The molecule has 0 aromatic heterocycles. The van der Waals surface area contributed by atoms with Gasteiger partial charge in [-0.3, -0.25) is 9.59 Å². The molecule has 152 valence electrons. The molecule has 1 aliphatic heterocycles. The van der Waals surface area contributed by atoms with E-state index in [2.05, 4.69) is 29.6 Å². The Hall–Kier alpha value is -2.62. The molecule has 29 heavy (non-hydrogen) atoms. The summed E-state index contributed by atoms with van der Waals surface area (Å²) in [5, 5.41) is 3.03. The third-order valence-corrected chi connectivity index (χ3v) is 6.72. The molecule has 1 saturated heterocycles. The van der Waals surface area contributed by atoms with Crippen molar-refractivity contribution in [2.75, 3.05) is 18.4 Å². The number of carbonyl (C=O) groups excluding carboxylic acids is 2. The Morgan fingerprint density at radius 1 is 1.00 bits per heavy atom. The predicted molar refractivity (Wildman–Crippen MR) is 116 cm³/mol. The average molecular weight is 391 g/mol. The summed E-state index contributed by atoms with van der Waals surface area (Å²) in [6, 6.07) is 16.4. The second-order valence-electron chi connectivity index (χ2n) is 8.71. The van der Waals surface area contributed by atoms with E-state index < -0.39 is 5.41 Å². The van der Waals surface area contributed by atoms with Gasteiger partial charge in [0.25, 0.3) is 0 Å². The number of amides is 2. The zero-order valence-corrected chi connectivity index (χ0v) is 17.4. The molecule has 2 aromatic carbocycles. The second-order valence-corrected chi connectivity index (χ2v) is 8.71. The van der Waals surface area contributed by atoms with Gasteiger partial charge < -0.3 is 10.2 Å². The summed E-state index contributed by atoms with van der Waals surface area (Å²) >= 11 is 0. The Labute approximate surface area is 173 Å². The van der Waals surface area contributed by atoms with Gasteiger partial charge >= 0.3 is 0 Å². The van der Waals surface area contributed by atoms with Crippen LogP contribution in [0.3, 0.4) is 0 Å². The maximum Gasteiger partial charge on any atom is 0.240 e. The van der Waals surface area contributed by atoms with Gasteiger partial charge in [0.2, 0.25) is 11.8 Å². The largest absolute Gasteiger partial charge is 0.342 e. The number of hydrogen-bond acceptors (Lipinski definition) is 2. The van der Waals surface area contributed by atoms with E-state index in [0.29, 0.717) is 18.8 Å². The Balaban J connectivity index is 1.35. The minimum Gasteiger partial charge on any atom is -0.342 e. The minimum absolute atomic E-state index is 0.0264. The predicted octanol–water partition coefficient (Wildman–Crippen LogP) is 4.50. The minimum atomic E-state index is -0.845. The molecule has 4 nitrogen and oxygen atoms in total. The summed E-state index contributed by atoms with van der Waals surface area (Å²) in [5.74, 6) is 0.501. The molecular formula is C25H30N2O2. The Morgan fingerprint density at radius 2 is 1.69 bits per heavy atom. The van der Waals surface area contributed by atoms with Gasteiger partial charge in [-0.25, -0.2) is 0 Å². The molecular weight excluding hydrogens is 360 g/mol. The lowest BCUT2D eigenvalue weighted by atomic mass is 9.89. The van der Waals surface area contributed by atoms with E-state index in [1.807, 2.05) is 43.0 Å². The number of likely N-dealkylation sites (tertiary alicyclic amines) is 1. The molecule has 1 aliphatic carbocycles. The first-order valence-corrected chi connectivity index (χ1v) is 10.7. The van der Waals surface area contributed by atoms with Crippen LogP contribution in [-0.2, 0) is 16.0 Å². The average Bonchev–Trinajstić information content (AvgIpc) is 3.54. The molecule has 0 atom stereocenters. The van der Waals surface area contributed by atoms with Crippen LogP contribution in [0.25, 0.3) is 0 Å². The maximum absolute atomic E-state index is 13.2. The molecule has 2 amide bonds. The van der Waals surface area contributed by atoms with E-state index in [9.17, 15) is 9.59 Å². The van der Waals surface area contributed by atoms with E-state index in [1.54, 1.807) is 0 Å². The molecule has 4 heteroatoms. The highest BCUT2D eigenvalue weighted by Crippen LogP contribution is 2.48.